The third-order valence-electron chi connectivity index (χ3n) is 4.81. The molecule has 3 atom stereocenters. The van der Waals surface area contributed by atoms with E-state index in [1.165, 1.54) is 25.3 Å². The van der Waals surface area contributed by atoms with E-state index in [0.717, 1.165) is 36.6 Å². The predicted octanol–water partition coefficient (Wildman–Crippen LogP) is 3.28. The van der Waals surface area contributed by atoms with E-state index in [1.807, 2.05) is 0 Å². The van der Waals surface area contributed by atoms with Gasteiger partial charge in [-0.3, -0.25) is 0 Å². The zero-order valence-electron chi connectivity index (χ0n) is 11.5. The molecule has 0 aromatic heterocycles. The zero-order chi connectivity index (χ0) is 13.5. The number of rotatable bonds is 3. The fraction of sp³-hybridized carbons (Fsp3) is 0.625. The van der Waals surface area contributed by atoms with Gasteiger partial charge in [0, 0.05) is 12.0 Å². The fourth-order valence-electron chi connectivity index (χ4n) is 3.84. The van der Waals surface area contributed by atoms with Gasteiger partial charge in [-0.05, 0) is 55.3 Å². The van der Waals surface area contributed by atoms with Crippen LogP contribution in [0.15, 0.2) is 18.2 Å². The minimum Gasteiger partial charge on any atom is -0.490 e. The summed E-state index contributed by atoms with van der Waals surface area (Å²) in [5.41, 5.74) is 7.27. The molecule has 1 aliphatic heterocycles. The molecule has 2 nitrogen and oxygen atoms in total. The van der Waals surface area contributed by atoms with E-state index < -0.39 is 0 Å². The standard InChI is InChI=1S/C16H22FNO/c1-11-4-5-16(8-11,10-18)9-14-7-12-6-13(17)2-3-15(12)19-14/h2-3,6,11,14H,4-5,7-10,18H2,1H3. The van der Waals surface area contributed by atoms with Gasteiger partial charge in [-0.15, -0.1) is 0 Å². The van der Waals surface area contributed by atoms with E-state index in [2.05, 4.69) is 6.92 Å². The smallest absolute Gasteiger partial charge is 0.123 e. The number of halogens is 1. The summed E-state index contributed by atoms with van der Waals surface area (Å²) in [4.78, 5) is 0. The van der Waals surface area contributed by atoms with Gasteiger partial charge in [0.1, 0.15) is 17.7 Å². The molecule has 2 N–H and O–H groups in total. The Balaban J connectivity index is 1.70. The number of nitrogens with two attached hydrogens (primary N) is 1. The molecule has 3 heteroatoms. The summed E-state index contributed by atoms with van der Waals surface area (Å²) in [6, 6.07) is 4.82. The molecule has 0 amide bonds. The Hall–Kier alpha value is -1.09. The van der Waals surface area contributed by atoms with Gasteiger partial charge in [-0.2, -0.15) is 0 Å². The van der Waals surface area contributed by atoms with Gasteiger partial charge in [-0.1, -0.05) is 13.3 Å². The molecule has 1 aliphatic carbocycles. The normalized spacial score (nSPS) is 33.2. The molecule has 19 heavy (non-hydrogen) atoms. The highest BCUT2D eigenvalue weighted by Gasteiger charge is 2.40. The number of hydrogen-bond donors (Lipinski definition) is 1. The summed E-state index contributed by atoms with van der Waals surface area (Å²) in [5, 5.41) is 0. The summed E-state index contributed by atoms with van der Waals surface area (Å²) in [7, 11) is 0. The maximum Gasteiger partial charge on any atom is 0.123 e. The molecule has 0 radical (unpaired) electrons. The van der Waals surface area contributed by atoms with E-state index in [9.17, 15) is 4.39 Å². The Morgan fingerprint density at radius 3 is 3.00 bits per heavy atom. The van der Waals surface area contributed by atoms with E-state index in [4.69, 9.17) is 10.5 Å². The van der Waals surface area contributed by atoms with Crippen molar-refractivity contribution in [3.63, 3.8) is 0 Å². The topological polar surface area (TPSA) is 35.2 Å². The minimum atomic E-state index is -0.175. The lowest BCUT2D eigenvalue weighted by atomic mass is 9.79. The van der Waals surface area contributed by atoms with Crippen LogP contribution in [-0.4, -0.2) is 12.6 Å². The lowest BCUT2D eigenvalue weighted by Crippen LogP contribution is -2.33. The van der Waals surface area contributed by atoms with Crippen LogP contribution in [0.25, 0.3) is 0 Å². The third-order valence-corrected chi connectivity index (χ3v) is 4.81. The van der Waals surface area contributed by atoms with Gasteiger partial charge in [0.25, 0.3) is 0 Å². The maximum absolute atomic E-state index is 13.2. The van der Waals surface area contributed by atoms with Crippen LogP contribution >= 0.6 is 0 Å². The number of hydrogen-bond acceptors (Lipinski definition) is 2. The van der Waals surface area contributed by atoms with Crippen molar-refractivity contribution >= 4 is 0 Å². The highest BCUT2D eigenvalue weighted by molar-refractivity contribution is 5.37. The van der Waals surface area contributed by atoms with Crippen LogP contribution in [0.2, 0.25) is 0 Å². The molecule has 1 heterocycles. The maximum atomic E-state index is 13.2. The van der Waals surface area contributed by atoms with Crippen molar-refractivity contribution in [2.45, 2.75) is 45.1 Å². The first kappa shape index (κ1) is 12.9. The van der Waals surface area contributed by atoms with E-state index in [1.54, 1.807) is 12.1 Å². The van der Waals surface area contributed by atoms with Crippen LogP contribution < -0.4 is 10.5 Å². The molecule has 1 saturated carbocycles. The molecule has 0 saturated heterocycles. The van der Waals surface area contributed by atoms with Crippen molar-refractivity contribution < 1.29 is 9.13 Å². The Morgan fingerprint density at radius 2 is 2.32 bits per heavy atom. The van der Waals surface area contributed by atoms with Crippen molar-refractivity contribution in [2.75, 3.05) is 6.54 Å². The lowest BCUT2D eigenvalue weighted by Gasteiger charge is -2.30. The van der Waals surface area contributed by atoms with Gasteiger partial charge in [0.15, 0.2) is 0 Å². The molecule has 3 rings (SSSR count). The zero-order valence-corrected chi connectivity index (χ0v) is 11.5. The van der Waals surface area contributed by atoms with E-state index >= 15 is 0 Å². The lowest BCUT2D eigenvalue weighted by molar-refractivity contribution is 0.139. The number of benzene rings is 1. The summed E-state index contributed by atoms with van der Waals surface area (Å²) >= 11 is 0. The van der Waals surface area contributed by atoms with Gasteiger partial charge in [-0.25, -0.2) is 4.39 Å². The first-order chi connectivity index (χ1) is 9.10. The van der Waals surface area contributed by atoms with Crippen molar-refractivity contribution in [1.29, 1.82) is 0 Å². The Labute approximate surface area is 114 Å². The van der Waals surface area contributed by atoms with Gasteiger partial charge >= 0.3 is 0 Å². The molecule has 0 spiro atoms. The van der Waals surface area contributed by atoms with Gasteiger partial charge in [0.2, 0.25) is 0 Å². The largest absolute Gasteiger partial charge is 0.490 e. The third kappa shape index (κ3) is 2.48. The second-order valence-corrected chi connectivity index (χ2v) is 6.45. The van der Waals surface area contributed by atoms with Crippen LogP contribution in [0.1, 0.15) is 38.2 Å². The molecule has 1 aromatic rings. The molecular formula is C16H22FNO. The second kappa shape index (κ2) is 4.78. The first-order valence-electron chi connectivity index (χ1n) is 7.25. The van der Waals surface area contributed by atoms with Crippen LogP contribution in [-0.2, 0) is 6.42 Å². The van der Waals surface area contributed by atoms with Gasteiger partial charge in [0.05, 0.1) is 0 Å². The highest BCUT2D eigenvalue weighted by Crippen LogP contribution is 2.46. The van der Waals surface area contributed by atoms with Crippen molar-refractivity contribution in [2.24, 2.45) is 17.1 Å². The molecule has 2 aliphatic rings. The number of ether oxygens (including phenoxy) is 1. The van der Waals surface area contributed by atoms with Gasteiger partial charge < -0.3 is 10.5 Å². The van der Waals surface area contributed by atoms with Crippen LogP contribution in [0, 0.1) is 17.2 Å². The minimum absolute atomic E-state index is 0.172. The first-order valence-corrected chi connectivity index (χ1v) is 7.25. The Kier molecular flexibility index (Phi) is 3.25. The predicted molar refractivity (Wildman–Crippen MR) is 73.6 cm³/mol. The molecule has 0 bridgehead atoms. The van der Waals surface area contributed by atoms with Crippen LogP contribution in [0.5, 0.6) is 5.75 Å². The molecular weight excluding hydrogens is 241 g/mol. The van der Waals surface area contributed by atoms with Crippen molar-refractivity contribution in [3.8, 4) is 5.75 Å². The fourth-order valence-corrected chi connectivity index (χ4v) is 3.84. The highest BCUT2D eigenvalue weighted by atomic mass is 19.1. The SMILES string of the molecule is CC1CCC(CN)(CC2Cc3cc(F)ccc3O2)C1. The number of fused-ring (bicyclic) bond motifs is 1. The summed E-state index contributed by atoms with van der Waals surface area (Å²) in [6.07, 6.45) is 5.67. The average Bonchev–Trinajstić information content (AvgIpc) is 2.93. The van der Waals surface area contributed by atoms with Crippen molar-refractivity contribution in [3.05, 3.63) is 29.6 Å². The Morgan fingerprint density at radius 1 is 1.47 bits per heavy atom. The quantitative estimate of drug-likeness (QED) is 0.908. The summed E-state index contributed by atoms with van der Waals surface area (Å²) < 4.78 is 19.2. The molecule has 1 aromatic carbocycles. The van der Waals surface area contributed by atoms with Crippen LogP contribution in [0.3, 0.4) is 0 Å². The summed E-state index contributed by atoms with van der Waals surface area (Å²) in [6.45, 7) is 3.04. The molecule has 104 valence electrons. The van der Waals surface area contributed by atoms with Crippen LogP contribution in [0.4, 0.5) is 4.39 Å². The van der Waals surface area contributed by atoms with Crippen molar-refractivity contribution in [1.82, 2.24) is 0 Å². The molecule has 3 unspecified atom stereocenters. The van der Waals surface area contributed by atoms with E-state index in [0.29, 0.717) is 0 Å². The summed E-state index contributed by atoms with van der Waals surface area (Å²) in [5.74, 6) is 1.44. The average molecular weight is 263 g/mol. The van der Waals surface area contributed by atoms with E-state index in [-0.39, 0.29) is 17.3 Å². The second-order valence-electron chi connectivity index (χ2n) is 6.45. The monoisotopic (exact) mass is 263 g/mol. The molecule has 1 fully saturated rings. The Bertz CT molecular complexity index is 476.